The van der Waals surface area contributed by atoms with Gasteiger partial charge in [-0.2, -0.15) is 0 Å². The number of nitrogens with zero attached hydrogens (tertiary/aromatic N) is 1. The van der Waals surface area contributed by atoms with Crippen molar-refractivity contribution >= 4 is 11.6 Å². The van der Waals surface area contributed by atoms with Gasteiger partial charge in [-0.3, -0.25) is 4.79 Å². The average Bonchev–Trinajstić information content (AvgIpc) is 2.81. The van der Waals surface area contributed by atoms with Crippen LogP contribution >= 0.6 is 0 Å². The van der Waals surface area contributed by atoms with Crippen LogP contribution in [0.15, 0.2) is 24.3 Å². The predicted octanol–water partition coefficient (Wildman–Crippen LogP) is 1.40. The van der Waals surface area contributed by atoms with Gasteiger partial charge in [0.15, 0.2) is 0 Å². The highest BCUT2D eigenvalue weighted by atomic mass is 19.1. The summed E-state index contributed by atoms with van der Waals surface area (Å²) in [5, 5.41) is 3.16. The fraction of sp³-hybridized carbons (Fsp3) is 0.417. The molecule has 86 valence electrons. The van der Waals surface area contributed by atoms with Crippen molar-refractivity contribution in [3.8, 4) is 0 Å². The van der Waals surface area contributed by atoms with E-state index in [9.17, 15) is 9.18 Å². The number of carbonyl (C=O) groups is 1. The monoisotopic (exact) mass is 222 g/mol. The highest BCUT2D eigenvalue weighted by molar-refractivity contribution is 5.94. The second-order valence-corrected chi connectivity index (χ2v) is 4.06. The van der Waals surface area contributed by atoms with Crippen molar-refractivity contribution in [2.45, 2.75) is 6.42 Å². The van der Waals surface area contributed by atoms with E-state index in [1.165, 1.54) is 12.1 Å². The summed E-state index contributed by atoms with van der Waals surface area (Å²) < 4.78 is 12.7. The van der Waals surface area contributed by atoms with E-state index in [-0.39, 0.29) is 17.6 Å². The molecular formula is C12H15FN2O. The molecule has 1 heterocycles. The van der Waals surface area contributed by atoms with Gasteiger partial charge in [-0.25, -0.2) is 4.39 Å². The lowest BCUT2D eigenvalue weighted by Crippen LogP contribution is -2.33. The minimum absolute atomic E-state index is 0.0510. The number of hydrogen-bond donors (Lipinski definition) is 1. The summed E-state index contributed by atoms with van der Waals surface area (Å²) >= 11 is 0. The molecule has 2 rings (SSSR count). The lowest BCUT2D eigenvalue weighted by atomic mass is 10.1. The Morgan fingerprint density at radius 2 is 2.12 bits per heavy atom. The van der Waals surface area contributed by atoms with Crippen LogP contribution in [0.1, 0.15) is 6.42 Å². The second-order valence-electron chi connectivity index (χ2n) is 4.06. The molecule has 1 amide bonds. The van der Waals surface area contributed by atoms with Gasteiger partial charge in [0, 0.05) is 19.3 Å². The first kappa shape index (κ1) is 11.1. The summed E-state index contributed by atoms with van der Waals surface area (Å²) in [6.45, 7) is 1.64. The summed E-state index contributed by atoms with van der Waals surface area (Å²) in [5.74, 6) is -0.140. The normalized spacial score (nSPS) is 19.8. The maximum absolute atomic E-state index is 12.7. The van der Waals surface area contributed by atoms with E-state index in [0.29, 0.717) is 0 Å². The molecule has 16 heavy (non-hydrogen) atoms. The van der Waals surface area contributed by atoms with Crippen molar-refractivity contribution in [2.24, 2.45) is 5.92 Å². The van der Waals surface area contributed by atoms with Crippen LogP contribution in [0.2, 0.25) is 0 Å². The van der Waals surface area contributed by atoms with E-state index in [4.69, 9.17) is 0 Å². The van der Waals surface area contributed by atoms with Crippen molar-refractivity contribution in [3.63, 3.8) is 0 Å². The van der Waals surface area contributed by atoms with Crippen LogP contribution < -0.4 is 10.2 Å². The van der Waals surface area contributed by atoms with Crippen LogP contribution in [-0.4, -0.2) is 26.0 Å². The third kappa shape index (κ3) is 2.22. The number of anilines is 1. The molecule has 0 saturated carbocycles. The van der Waals surface area contributed by atoms with Gasteiger partial charge in [-0.05, 0) is 37.2 Å². The Morgan fingerprint density at radius 3 is 2.69 bits per heavy atom. The first-order valence-corrected chi connectivity index (χ1v) is 5.42. The average molecular weight is 222 g/mol. The largest absolute Gasteiger partial charge is 0.316 e. The molecule has 4 heteroatoms. The van der Waals surface area contributed by atoms with Gasteiger partial charge in [0.2, 0.25) is 5.91 Å². The second kappa shape index (κ2) is 4.61. The smallest absolute Gasteiger partial charge is 0.231 e. The van der Waals surface area contributed by atoms with Crippen LogP contribution in [0.5, 0.6) is 0 Å². The molecule has 0 radical (unpaired) electrons. The van der Waals surface area contributed by atoms with Gasteiger partial charge in [-0.1, -0.05) is 0 Å². The zero-order chi connectivity index (χ0) is 11.5. The molecule has 0 aliphatic carbocycles. The molecule has 0 spiro atoms. The molecule has 1 aromatic rings. The maximum Gasteiger partial charge on any atom is 0.231 e. The van der Waals surface area contributed by atoms with E-state index >= 15 is 0 Å². The molecule has 1 fully saturated rings. The first-order chi connectivity index (χ1) is 7.68. The third-order valence-corrected chi connectivity index (χ3v) is 2.95. The topological polar surface area (TPSA) is 32.3 Å². The molecule has 1 aliphatic heterocycles. The summed E-state index contributed by atoms with van der Waals surface area (Å²) in [4.78, 5) is 13.6. The molecule has 1 atom stereocenters. The molecule has 1 aliphatic rings. The van der Waals surface area contributed by atoms with Crippen LogP contribution in [0.25, 0.3) is 0 Å². The quantitative estimate of drug-likeness (QED) is 0.820. The van der Waals surface area contributed by atoms with E-state index in [2.05, 4.69) is 5.32 Å². The van der Waals surface area contributed by atoms with Crippen LogP contribution in [0.4, 0.5) is 10.1 Å². The van der Waals surface area contributed by atoms with E-state index in [0.717, 1.165) is 25.2 Å². The van der Waals surface area contributed by atoms with Gasteiger partial charge in [0.05, 0.1) is 5.92 Å². The fourth-order valence-electron chi connectivity index (χ4n) is 1.93. The van der Waals surface area contributed by atoms with Gasteiger partial charge < -0.3 is 10.2 Å². The highest BCUT2D eigenvalue weighted by Gasteiger charge is 2.25. The molecule has 0 unspecified atom stereocenters. The number of amides is 1. The van der Waals surface area contributed by atoms with E-state index in [1.807, 2.05) is 0 Å². The van der Waals surface area contributed by atoms with Gasteiger partial charge >= 0.3 is 0 Å². The van der Waals surface area contributed by atoms with Crippen LogP contribution in [0.3, 0.4) is 0 Å². The Labute approximate surface area is 94.3 Å². The number of benzene rings is 1. The zero-order valence-electron chi connectivity index (χ0n) is 9.24. The summed E-state index contributed by atoms with van der Waals surface area (Å²) in [7, 11) is 1.73. The van der Waals surface area contributed by atoms with Gasteiger partial charge in [-0.15, -0.1) is 0 Å². The first-order valence-electron chi connectivity index (χ1n) is 5.42. The minimum atomic E-state index is -0.285. The number of halogens is 1. The molecule has 0 bridgehead atoms. The molecule has 1 aromatic carbocycles. The summed E-state index contributed by atoms with van der Waals surface area (Å²) in [6, 6.07) is 5.98. The van der Waals surface area contributed by atoms with Gasteiger partial charge in [0.1, 0.15) is 5.82 Å². The molecule has 1 N–H and O–H groups in total. The molecular weight excluding hydrogens is 207 g/mol. The number of rotatable bonds is 2. The van der Waals surface area contributed by atoms with Crippen LogP contribution in [0, 0.1) is 11.7 Å². The SMILES string of the molecule is CN(C(=O)[C@H]1CCNC1)c1ccc(F)cc1. The highest BCUT2D eigenvalue weighted by Crippen LogP contribution is 2.18. The number of hydrogen-bond acceptors (Lipinski definition) is 2. The Bertz CT molecular complexity index is 371. The standard InChI is InChI=1S/C12H15FN2O/c1-15(11-4-2-10(13)3-5-11)12(16)9-6-7-14-8-9/h2-5,9,14H,6-8H2,1H3/t9-/m0/s1. The molecule has 3 nitrogen and oxygen atoms in total. The van der Waals surface area contributed by atoms with Crippen molar-refractivity contribution in [2.75, 3.05) is 25.0 Å². The van der Waals surface area contributed by atoms with Gasteiger partial charge in [0.25, 0.3) is 0 Å². The van der Waals surface area contributed by atoms with Crippen molar-refractivity contribution in [1.82, 2.24) is 5.32 Å². The Kier molecular flexibility index (Phi) is 3.19. The van der Waals surface area contributed by atoms with Crippen molar-refractivity contribution < 1.29 is 9.18 Å². The van der Waals surface area contributed by atoms with Crippen LogP contribution in [-0.2, 0) is 4.79 Å². The van der Waals surface area contributed by atoms with Crippen molar-refractivity contribution in [1.29, 1.82) is 0 Å². The van der Waals surface area contributed by atoms with Crippen molar-refractivity contribution in [3.05, 3.63) is 30.1 Å². The minimum Gasteiger partial charge on any atom is -0.316 e. The molecule has 0 aromatic heterocycles. The predicted molar refractivity (Wildman–Crippen MR) is 60.8 cm³/mol. The summed E-state index contributed by atoms with van der Waals surface area (Å²) in [6.07, 6.45) is 0.879. The lowest BCUT2D eigenvalue weighted by molar-refractivity contribution is -0.121. The maximum atomic E-state index is 12.7. The lowest BCUT2D eigenvalue weighted by Gasteiger charge is -2.20. The third-order valence-electron chi connectivity index (χ3n) is 2.95. The Hall–Kier alpha value is -1.42. The van der Waals surface area contributed by atoms with E-state index < -0.39 is 0 Å². The van der Waals surface area contributed by atoms with E-state index in [1.54, 1.807) is 24.1 Å². The Morgan fingerprint density at radius 1 is 1.44 bits per heavy atom. The number of carbonyl (C=O) groups excluding carboxylic acids is 1. The Balaban J connectivity index is 2.08. The fourth-order valence-corrected chi connectivity index (χ4v) is 1.93. The summed E-state index contributed by atoms with van der Waals surface area (Å²) in [5.41, 5.74) is 0.735. The zero-order valence-corrected chi connectivity index (χ0v) is 9.24. The molecule has 1 saturated heterocycles. The number of nitrogens with one attached hydrogen (secondary N) is 1.